The van der Waals surface area contributed by atoms with Crippen molar-refractivity contribution in [3.8, 4) is 0 Å². The number of hydrogen-bond acceptors (Lipinski definition) is 3. The standard InChI is InChI=1S/C9H20N2O/c1-7(2)5-8-6-11(10)4-3-9(8)12/h7-9,12H,3-6,10H2,1-2H3/t8-,9-/m1/s1. The number of piperidine rings is 1. The molecule has 0 unspecified atom stereocenters. The summed E-state index contributed by atoms with van der Waals surface area (Å²) in [6.07, 6.45) is 1.77. The van der Waals surface area contributed by atoms with Gasteiger partial charge < -0.3 is 5.11 Å². The summed E-state index contributed by atoms with van der Waals surface area (Å²) >= 11 is 0. The summed E-state index contributed by atoms with van der Waals surface area (Å²) in [5, 5.41) is 11.5. The van der Waals surface area contributed by atoms with Crippen LogP contribution in [0.4, 0.5) is 0 Å². The maximum absolute atomic E-state index is 9.65. The van der Waals surface area contributed by atoms with Crippen LogP contribution in [0.25, 0.3) is 0 Å². The summed E-state index contributed by atoms with van der Waals surface area (Å²) in [5.41, 5.74) is 0. The van der Waals surface area contributed by atoms with Gasteiger partial charge in [-0.2, -0.15) is 0 Å². The number of aliphatic hydroxyl groups is 1. The number of hydrogen-bond donors (Lipinski definition) is 2. The monoisotopic (exact) mass is 172 g/mol. The summed E-state index contributed by atoms with van der Waals surface area (Å²) in [5.74, 6) is 6.71. The normalized spacial score (nSPS) is 32.8. The topological polar surface area (TPSA) is 49.5 Å². The molecule has 1 fully saturated rings. The second-order valence-corrected chi connectivity index (χ2v) is 4.24. The smallest absolute Gasteiger partial charge is 0.0594 e. The summed E-state index contributed by atoms with van der Waals surface area (Å²) in [6.45, 7) is 6.04. The third-order valence-corrected chi connectivity index (χ3v) is 2.50. The van der Waals surface area contributed by atoms with Crippen LogP contribution in [0, 0.1) is 11.8 Å². The van der Waals surface area contributed by atoms with E-state index < -0.39 is 0 Å². The Morgan fingerprint density at radius 2 is 2.25 bits per heavy atom. The minimum atomic E-state index is -0.132. The van der Waals surface area contributed by atoms with E-state index in [0.717, 1.165) is 25.9 Å². The molecule has 12 heavy (non-hydrogen) atoms. The van der Waals surface area contributed by atoms with Gasteiger partial charge in [-0.05, 0) is 24.7 Å². The van der Waals surface area contributed by atoms with Crippen LogP contribution in [0.5, 0.6) is 0 Å². The molecule has 0 aliphatic carbocycles. The van der Waals surface area contributed by atoms with E-state index in [1.807, 2.05) is 5.01 Å². The van der Waals surface area contributed by atoms with E-state index >= 15 is 0 Å². The van der Waals surface area contributed by atoms with Crippen LogP contribution in [0.3, 0.4) is 0 Å². The van der Waals surface area contributed by atoms with Crippen molar-refractivity contribution < 1.29 is 5.11 Å². The van der Waals surface area contributed by atoms with Crippen LogP contribution >= 0.6 is 0 Å². The molecule has 0 saturated carbocycles. The van der Waals surface area contributed by atoms with Crippen LogP contribution in [0.1, 0.15) is 26.7 Å². The largest absolute Gasteiger partial charge is 0.393 e. The van der Waals surface area contributed by atoms with Gasteiger partial charge in [-0.25, -0.2) is 5.01 Å². The summed E-state index contributed by atoms with van der Waals surface area (Å²) in [4.78, 5) is 0. The van der Waals surface area contributed by atoms with Gasteiger partial charge >= 0.3 is 0 Å². The Kier molecular flexibility index (Phi) is 3.50. The lowest BCUT2D eigenvalue weighted by Gasteiger charge is -2.34. The van der Waals surface area contributed by atoms with E-state index in [-0.39, 0.29) is 6.10 Å². The minimum Gasteiger partial charge on any atom is -0.393 e. The third-order valence-electron chi connectivity index (χ3n) is 2.50. The Balaban J connectivity index is 2.38. The van der Waals surface area contributed by atoms with Gasteiger partial charge in [0.1, 0.15) is 0 Å². The van der Waals surface area contributed by atoms with Crippen LogP contribution in [-0.4, -0.2) is 29.3 Å². The van der Waals surface area contributed by atoms with Crippen molar-refractivity contribution in [1.82, 2.24) is 5.01 Å². The highest BCUT2D eigenvalue weighted by molar-refractivity contribution is 4.78. The lowest BCUT2D eigenvalue weighted by Crippen LogP contribution is -2.46. The number of nitrogens with zero attached hydrogens (tertiary/aromatic N) is 1. The van der Waals surface area contributed by atoms with Gasteiger partial charge in [0.15, 0.2) is 0 Å². The zero-order chi connectivity index (χ0) is 9.14. The number of rotatable bonds is 2. The van der Waals surface area contributed by atoms with Gasteiger partial charge in [0.2, 0.25) is 0 Å². The molecule has 1 heterocycles. The highest BCUT2D eigenvalue weighted by Gasteiger charge is 2.26. The number of hydrazine groups is 1. The molecule has 1 aliphatic heterocycles. The SMILES string of the molecule is CC(C)C[C@@H]1CN(N)CC[C@H]1O. The predicted octanol–water partition coefficient (Wildman–Crippen LogP) is 0.589. The lowest BCUT2D eigenvalue weighted by molar-refractivity contribution is 0.0174. The first kappa shape index (κ1) is 9.96. The van der Waals surface area contributed by atoms with Gasteiger partial charge in [0.25, 0.3) is 0 Å². The molecule has 0 spiro atoms. The molecule has 1 rings (SSSR count). The first-order valence-corrected chi connectivity index (χ1v) is 4.77. The van der Waals surface area contributed by atoms with Gasteiger partial charge in [-0.3, -0.25) is 5.84 Å². The van der Waals surface area contributed by atoms with E-state index in [9.17, 15) is 5.11 Å². The molecule has 0 bridgehead atoms. The molecule has 0 aromatic heterocycles. The maximum Gasteiger partial charge on any atom is 0.0594 e. The van der Waals surface area contributed by atoms with Crippen molar-refractivity contribution in [2.45, 2.75) is 32.8 Å². The van der Waals surface area contributed by atoms with Crippen LogP contribution < -0.4 is 5.84 Å². The van der Waals surface area contributed by atoms with Crippen molar-refractivity contribution in [2.24, 2.45) is 17.7 Å². The highest BCUT2D eigenvalue weighted by Crippen LogP contribution is 2.21. The second-order valence-electron chi connectivity index (χ2n) is 4.24. The first-order chi connectivity index (χ1) is 5.59. The van der Waals surface area contributed by atoms with Crippen LogP contribution in [0.2, 0.25) is 0 Å². The number of aliphatic hydroxyl groups excluding tert-OH is 1. The predicted molar refractivity (Wildman–Crippen MR) is 49.3 cm³/mol. The lowest BCUT2D eigenvalue weighted by atomic mass is 9.88. The molecule has 1 saturated heterocycles. The van der Waals surface area contributed by atoms with Gasteiger partial charge in [0, 0.05) is 13.1 Å². The molecule has 3 heteroatoms. The Bertz CT molecular complexity index is 136. The molecule has 1 aliphatic rings. The van der Waals surface area contributed by atoms with Gasteiger partial charge in [-0.1, -0.05) is 13.8 Å². The van der Waals surface area contributed by atoms with Crippen molar-refractivity contribution in [2.75, 3.05) is 13.1 Å². The van der Waals surface area contributed by atoms with Crippen molar-refractivity contribution in [3.63, 3.8) is 0 Å². The average Bonchev–Trinajstić information content (AvgIpc) is 1.96. The maximum atomic E-state index is 9.65. The third kappa shape index (κ3) is 2.73. The Morgan fingerprint density at radius 1 is 1.58 bits per heavy atom. The Labute approximate surface area is 74.5 Å². The van der Waals surface area contributed by atoms with Crippen molar-refractivity contribution in [1.29, 1.82) is 0 Å². The van der Waals surface area contributed by atoms with Crippen LogP contribution in [0.15, 0.2) is 0 Å². The molecule has 3 N–H and O–H groups in total. The summed E-state index contributed by atoms with van der Waals surface area (Å²) in [7, 11) is 0. The van der Waals surface area contributed by atoms with Crippen molar-refractivity contribution >= 4 is 0 Å². The highest BCUT2D eigenvalue weighted by atomic mass is 16.3. The van der Waals surface area contributed by atoms with E-state index in [0.29, 0.717) is 11.8 Å². The molecular formula is C9H20N2O. The molecular weight excluding hydrogens is 152 g/mol. The van der Waals surface area contributed by atoms with Gasteiger partial charge in [0.05, 0.1) is 6.10 Å². The second kappa shape index (κ2) is 4.21. The zero-order valence-corrected chi connectivity index (χ0v) is 8.03. The summed E-state index contributed by atoms with van der Waals surface area (Å²) in [6, 6.07) is 0. The fourth-order valence-electron chi connectivity index (χ4n) is 1.89. The molecule has 2 atom stereocenters. The molecule has 0 amide bonds. The molecule has 0 aromatic carbocycles. The van der Waals surface area contributed by atoms with E-state index in [1.165, 1.54) is 0 Å². The van der Waals surface area contributed by atoms with Crippen molar-refractivity contribution in [3.05, 3.63) is 0 Å². The molecule has 3 nitrogen and oxygen atoms in total. The first-order valence-electron chi connectivity index (χ1n) is 4.77. The van der Waals surface area contributed by atoms with E-state index in [4.69, 9.17) is 5.84 Å². The molecule has 72 valence electrons. The minimum absolute atomic E-state index is 0.132. The van der Waals surface area contributed by atoms with Crippen LogP contribution in [-0.2, 0) is 0 Å². The fourth-order valence-corrected chi connectivity index (χ4v) is 1.89. The van der Waals surface area contributed by atoms with Gasteiger partial charge in [-0.15, -0.1) is 0 Å². The summed E-state index contributed by atoms with van der Waals surface area (Å²) < 4.78 is 0. The molecule has 0 radical (unpaired) electrons. The zero-order valence-electron chi connectivity index (χ0n) is 8.03. The Morgan fingerprint density at radius 3 is 2.83 bits per heavy atom. The van der Waals surface area contributed by atoms with E-state index in [2.05, 4.69) is 13.8 Å². The fraction of sp³-hybridized carbons (Fsp3) is 1.00. The molecule has 0 aromatic rings. The quantitative estimate of drug-likeness (QED) is 0.599. The number of nitrogens with two attached hydrogens (primary N) is 1. The average molecular weight is 172 g/mol. The Hall–Kier alpha value is -0.120. The van der Waals surface area contributed by atoms with E-state index in [1.54, 1.807) is 0 Å².